The highest BCUT2D eigenvalue weighted by atomic mass is 35.5. The lowest BCUT2D eigenvalue weighted by molar-refractivity contribution is -0.121. The third kappa shape index (κ3) is 4.11. The van der Waals surface area contributed by atoms with Gasteiger partial charge in [0.1, 0.15) is 4.32 Å². The zero-order valence-corrected chi connectivity index (χ0v) is 15.5. The maximum atomic E-state index is 12.5. The van der Waals surface area contributed by atoms with Gasteiger partial charge in [-0.1, -0.05) is 65.4 Å². The molecule has 0 radical (unpaired) electrons. The lowest BCUT2D eigenvalue weighted by atomic mass is 10.2. The number of hydrogen-bond donors (Lipinski definition) is 1. The molecule has 0 atom stereocenters. The molecule has 24 heavy (non-hydrogen) atoms. The van der Waals surface area contributed by atoms with Gasteiger partial charge < -0.3 is 5.32 Å². The Morgan fingerprint density at radius 3 is 2.54 bits per heavy atom. The molecular weight excluding hydrogens is 383 g/mol. The van der Waals surface area contributed by atoms with E-state index in [1.165, 1.54) is 16.7 Å². The van der Waals surface area contributed by atoms with E-state index in [9.17, 15) is 4.79 Å². The van der Waals surface area contributed by atoms with Crippen molar-refractivity contribution >= 4 is 69.2 Å². The monoisotopic (exact) mass is 394 g/mol. The number of carbonyl (C=O) groups excluding carboxylic acids is 1. The van der Waals surface area contributed by atoms with Crippen LogP contribution < -0.4 is 5.32 Å². The van der Waals surface area contributed by atoms with Crippen LogP contribution in [0.4, 0.5) is 5.69 Å². The summed E-state index contributed by atoms with van der Waals surface area (Å²) in [5.74, 6) is -0.125. The summed E-state index contributed by atoms with van der Waals surface area (Å²) in [6, 6.07) is 14.6. The minimum atomic E-state index is -0.125. The van der Waals surface area contributed by atoms with Crippen LogP contribution in [0.25, 0.3) is 6.08 Å². The Balaban J connectivity index is 1.72. The topological polar surface area (TPSA) is 32.3 Å². The van der Waals surface area contributed by atoms with Crippen molar-refractivity contribution in [2.45, 2.75) is 0 Å². The molecule has 1 amide bonds. The van der Waals surface area contributed by atoms with Gasteiger partial charge in [-0.05, 0) is 42.0 Å². The molecule has 0 spiro atoms. The van der Waals surface area contributed by atoms with Crippen molar-refractivity contribution in [3.63, 3.8) is 0 Å². The van der Waals surface area contributed by atoms with E-state index in [2.05, 4.69) is 5.32 Å². The van der Waals surface area contributed by atoms with Gasteiger partial charge in [0.15, 0.2) is 0 Å². The summed E-state index contributed by atoms with van der Waals surface area (Å²) >= 11 is 18.5. The SMILES string of the molecule is O=C1/C(=C/c2cccc(Cl)c2)SC(=S)N1CNc1cccc(Cl)c1. The predicted molar refractivity (Wildman–Crippen MR) is 106 cm³/mol. The Hall–Kier alpha value is -1.53. The first-order valence-corrected chi connectivity index (χ1v) is 9.01. The van der Waals surface area contributed by atoms with Crippen LogP contribution in [0, 0.1) is 0 Å². The van der Waals surface area contributed by atoms with Crippen LogP contribution in [0.3, 0.4) is 0 Å². The van der Waals surface area contributed by atoms with Crippen LogP contribution in [0.2, 0.25) is 10.0 Å². The van der Waals surface area contributed by atoms with E-state index in [1.807, 2.05) is 24.3 Å². The Bertz CT molecular complexity index is 839. The minimum absolute atomic E-state index is 0.125. The van der Waals surface area contributed by atoms with Gasteiger partial charge in [-0.2, -0.15) is 0 Å². The number of benzene rings is 2. The summed E-state index contributed by atoms with van der Waals surface area (Å²) in [5.41, 5.74) is 1.70. The molecule has 0 saturated carbocycles. The molecule has 2 aromatic carbocycles. The van der Waals surface area contributed by atoms with Gasteiger partial charge in [0.05, 0.1) is 11.6 Å². The van der Waals surface area contributed by atoms with Crippen LogP contribution >= 0.6 is 47.2 Å². The fraction of sp³-hybridized carbons (Fsp3) is 0.0588. The molecule has 7 heteroatoms. The number of thioether (sulfide) groups is 1. The highest BCUT2D eigenvalue weighted by molar-refractivity contribution is 8.26. The Labute approximate surface area is 159 Å². The molecule has 1 N–H and O–H groups in total. The van der Waals surface area contributed by atoms with Crippen LogP contribution in [0.1, 0.15) is 5.56 Å². The number of amides is 1. The van der Waals surface area contributed by atoms with Gasteiger partial charge in [0.25, 0.3) is 5.91 Å². The second-order valence-corrected chi connectivity index (χ2v) is 7.56. The highest BCUT2D eigenvalue weighted by Gasteiger charge is 2.31. The van der Waals surface area contributed by atoms with E-state index in [0.29, 0.717) is 19.3 Å². The van der Waals surface area contributed by atoms with Crippen molar-refractivity contribution in [1.29, 1.82) is 0 Å². The van der Waals surface area contributed by atoms with Gasteiger partial charge in [-0.25, -0.2) is 0 Å². The summed E-state index contributed by atoms with van der Waals surface area (Å²) < 4.78 is 0.516. The number of thiocarbonyl (C=S) groups is 1. The molecule has 1 aliphatic rings. The number of hydrogen-bond acceptors (Lipinski definition) is 4. The highest BCUT2D eigenvalue weighted by Crippen LogP contribution is 2.32. The van der Waals surface area contributed by atoms with E-state index in [-0.39, 0.29) is 12.6 Å². The molecule has 122 valence electrons. The smallest absolute Gasteiger partial charge is 0.267 e. The fourth-order valence-corrected chi connectivity index (χ4v) is 3.80. The fourth-order valence-electron chi connectivity index (χ4n) is 2.15. The molecule has 3 rings (SSSR count). The zero-order chi connectivity index (χ0) is 17.1. The predicted octanol–water partition coefficient (Wildman–Crippen LogP) is 5.26. The van der Waals surface area contributed by atoms with E-state index in [1.54, 1.807) is 30.3 Å². The van der Waals surface area contributed by atoms with Crippen molar-refractivity contribution in [1.82, 2.24) is 4.90 Å². The number of nitrogens with zero attached hydrogens (tertiary/aromatic N) is 1. The zero-order valence-electron chi connectivity index (χ0n) is 12.3. The van der Waals surface area contributed by atoms with E-state index in [4.69, 9.17) is 35.4 Å². The van der Waals surface area contributed by atoms with E-state index >= 15 is 0 Å². The molecule has 0 aliphatic carbocycles. The summed E-state index contributed by atoms with van der Waals surface area (Å²) in [7, 11) is 0. The van der Waals surface area contributed by atoms with Gasteiger partial charge in [0, 0.05) is 15.7 Å². The summed E-state index contributed by atoms with van der Waals surface area (Å²) in [6.45, 7) is 0.290. The number of rotatable bonds is 4. The summed E-state index contributed by atoms with van der Waals surface area (Å²) in [4.78, 5) is 14.6. The van der Waals surface area contributed by atoms with Crippen molar-refractivity contribution in [2.75, 3.05) is 12.0 Å². The Morgan fingerprint density at radius 2 is 1.83 bits per heavy atom. The molecule has 0 aromatic heterocycles. The molecule has 1 heterocycles. The molecule has 1 aliphatic heterocycles. The van der Waals surface area contributed by atoms with Crippen LogP contribution in [0.5, 0.6) is 0 Å². The Morgan fingerprint density at radius 1 is 1.12 bits per heavy atom. The standard InChI is InChI=1S/C17H12Cl2N2OS2/c18-12-4-1-3-11(7-12)8-15-16(22)21(17(23)24-15)10-20-14-6-2-5-13(19)9-14/h1-9,20H,10H2/b15-8-. The molecule has 0 unspecified atom stereocenters. The third-order valence-electron chi connectivity index (χ3n) is 3.29. The van der Waals surface area contributed by atoms with Crippen molar-refractivity contribution in [2.24, 2.45) is 0 Å². The number of nitrogens with one attached hydrogen (secondary N) is 1. The first-order valence-electron chi connectivity index (χ1n) is 7.03. The first-order chi connectivity index (χ1) is 11.5. The van der Waals surface area contributed by atoms with Gasteiger partial charge in [-0.15, -0.1) is 0 Å². The van der Waals surface area contributed by atoms with Crippen molar-refractivity contribution in [3.05, 3.63) is 69.0 Å². The van der Waals surface area contributed by atoms with Crippen LogP contribution in [-0.4, -0.2) is 21.8 Å². The Kier molecular flexibility index (Phi) is 5.46. The van der Waals surface area contributed by atoms with Crippen molar-refractivity contribution in [3.8, 4) is 0 Å². The number of carbonyl (C=O) groups is 1. The van der Waals surface area contributed by atoms with E-state index < -0.39 is 0 Å². The lowest BCUT2D eigenvalue weighted by Gasteiger charge is -2.16. The second-order valence-electron chi connectivity index (χ2n) is 5.01. The van der Waals surface area contributed by atoms with E-state index in [0.717, 1.165) is 11.3 Å². The lowest BCUT2D eigenvalue weighted by Crippen LogP contribution is -2.33. The third-order valence-corrected chi connectivity index (χ3v) is 5.13. The average Bonchev–Trinajstić information content (AvgIpc) is 2.79. The number of halogens is 2. The normalized spacial score (nSPS) is 16.1. The molecule has 3 nitrogen and oxygen atoms in total. The first kappa shape index (κ1) is 17.3. The van der Waals surface area contributed by atoms with Crippen LogP contribution in [-0.2, 0) is 4.79 Å². The van der Waals surface area contributed by atoms with Crippen molar-refractivity contribution < 1.29 is 4.79 Å². The summed E-state index contributed by atoms with van der Waals surface area (Å²) in [6.07, 6.45) is 1.80. The molecule has 2 aromatic rings. The second kappa shape index (κ2) is 7.57. The molecule has 1 fully saturated rings. The molecule has 0 bridgehead atoms. The van der Waals surface area contributed by atoms with Gasteiger partial charge in [0.2, 0.25) is 0 Å². The maximum absolute atomic E-state index is 12.5. The quantitative estimate of drug-likeness (QED) is 0.565. The largest absolute Gasteiger partial charge is 0.367 e. The maximum Gasteiger partial charge on any atom is 0.267 e. The molecule has 1 saturated heterocycles. The van der Waals surface area contributed by atoms with Gasteiger partial charge in [-0.3, -0.25) is 9.69 Å². The average molecular weight is 395 g/mol. The summed E-state index contributed by atoms with van der Waals surface area (Å²) in [5, 5.41) is 4.41. The minimum Gasteiger partial charge on any atom is -0.367 e. The number of anilines is 1. The molecular formula is C17H12Cl2N2OS2. The van der Waals surface area contributed by atoms with Crippen LogP contribution in [0.15, 0.2) is 53.4 Å². The van der Waals surface area contributed by atoms with Gasteiger partial charge >= 0.3 is 0 Å².